The maximum Gasteiger partial charge on any atom is 0.187 e. The molecule has 0 saturated carbocycles. The van der Waals surface area contributed by atoms with Crippen LogP contribution < -0.4 is 4.90 Å². The summed E-state index contributed by atoms with van der Waals surface area (Å²) in [5, 5.41) is 0. The molecule has 1 unspecified atom stereocenters. The molecule has 0 aliphatic rings. The molecule has 0 bridgehead atoms. The predicted octanol–water partition coefficient (Wildman–Crippen LogP) is 3.38. The maximum atomic E-state index is 14.2. The van der Waals surface area contributed by atoms with Gasteiger partial charge in [-0.1, -0.05) is 37.3 Å². The van der Waals surface area contributed by atoms with Gasteiger partial charge in [-0.15, -0.1) is 0 Å². The summed E-state index contributed by atoms with van der Waals surface area (Å²) in [7, 11) is 1.85. The first-order valence-corrected chi connectivity index (χ1v) is 6.42. The van der Waals surface area contributed by atoms with E-state index in [1.165, 1.54) is 6.33 Å². The summed E-state index contributed by atoms with van der Waals surface area (Å²) in [5.74, 6) is 0.0264. The topological polar surface area (TPSA) is 29.0 Å². The highest BCUT2D eigenvalue weighted by Gasteiger charge is 2.18. The second-order valence-electron chi connectivity index (χ2n) is 4.51. The van der Waals surface area contributed by atoms with E-state index < -0.39 is 0 Å². The van der Waals surface area contributed by atoms with Crippen LogP contribution in [0.5, 0.6) is 0 Å². The van der Waals surface area contributed by atoms with Gasteiger partial charge in [0.05, 0.1) is 11.7 Å². The number of anilines is 1. The van der Waals surface area contributed by atoms with Crippen molar-refractivity contribution in [3.05, 3.63) is 53.7 Å². The van der Waals surface area contributed by atoms with Crippen molar-refractivity contribution in [3.63, 3.8) is 0 Å². The minimum atomic E-state index is -0.324. The van der Waals surface area contributed by atoms with Crippen molar-refractivity contribution in [3.8, 4) is 0 Å². The van der Waals surface area contributed by atoms with Gasteiger partial charge < -0.3 is 4.90 Å². The number of aromatic nitrogens is 2. The summed E-state index contributed by atoms with van der Waals surface area (Å²) in [6.07, 6.45) is 1.99. The Kier molecular flexibility index (Phi) is 4.10. The molecule has 0 saturated heterocycles. The fourth-order valence-electron chi connectivity index (χ4n) is 2.03. The van der Waals surface area contributed by atoms with Gasteiger partial charge in [0, 0.05) is 7.05 Å². The summed E-state index contributed by atoms with van der Waals surface area (Å²) in [4.78, 5) is 9.87. The molecule has 1 aromatic carbocycles. The monoisotopic (exact) mass is 259 g/mol. The van der Waals surface area contributed by atoms with Crippen molar-refractivity contribution in [1.82, 2.24) is 9.97 Å². The Bertz CT molecular complexity index is 542. The summed E-state index contributed by atoms with van der Waals surface area (Å²) in [5.41, 5.74) is 1.58. The zero-order valence-corrected chi connectivity index (χ0v) is 11.5. The summed E-state index contributed by atoms with van der Waals surface area (Å²) in [6.45, 7) is 3.91. The van der Waals surface area contributed by atoms with Crippen molar-refractivity contribution >= 4 is 5.82 Å². The molecule has 0 spiro atoms. The normalized spacial score (nSPS) is 12.2. The van der Waals surface area contributed by atoms with Crippen molar-refractivity contribution in [1.29, 1.82) is 0 Å². The van der Waals surface area contributed by atoms with Gasteiger partial charge in [-0.25, -0.2) is 14.4 Å². The first kappa shape index (κ1) is 13.5. The van der Waals surface area contributed by atoms with Crippen LogP contribution in [0.25, 0.3) is 0 Å². The number of benzene rings is 1. The van der Waals surface area contributed by atoms with Crippen molar-refractivity contribution < 1.29 is 4.39 Å². The lowest BCUT2D eigenvalue weighted by Crippen LogP contribution is -2.24. The molecule has 2 aromatic rings. The van der Waals surface area contributed by atoms with Crippen LogP contribution in [0.4, 0.5) is 10.2 Å². The quantitative estimate of drug-likeness (QED) is 0.843. The van der Waals surface area contributed by atoms with Gasteiger partial charge >= 0.3 is 0 Å². The highest BCUT2D eigenvalue weighted by atomic mass is 19.1. The molecule has 100 valence electrons. The molecule has 0 N–H and O–H groups in total. The Morgan fingerprint density at radius 3 is 2.53 bits per heavy atom. The van der Waals surface area contributed by atoms with E-state index in [9.17, 15) is 4.39 Å². The van der Waals surface area contributed by atoms with E-state index in [4.69, 9.17) is 0 Å². The van der Waals surface area contributed by atoms with Gasteiger partial charge in [-0.05, 0) is 18.9 Å². The lowest BCUT2D eigenvalue weighted by atomic mass is 10.1. The fourth-order valence-corrected chi connectivity index (χ4v) is 2.03. The van der Waals surface area contributed by atoms with Crippen molar-refractivity contribution in [2.75, 3.05) is 11.9 Å². The summed E-state index contributed by atoms with van der Waals surface area (Å²) < 4.78 is 14.2. The predicted molar refractivity (Wildman–Crippen MR) is 74.6 cm³/mol. The molecule has 0 aliphatic carbocycles. The standard InChI is InChI=1S/C15H18FN3/c1-4-13-14(16)15(18-10-17-13)19(3)11(2)12-8-6-5-7-9-12/h5-11H,4H2,1-3H3. The molecule has 0 aliphatic heterocycles. The van der Waals surface area contributed by atoms with E-state index in [1.54, 1.807) is 0 Å². The van der Waals surface area contributed by atoms with Crippen molar-refractivity contribution in [2.45, 2.75) is 26.3 Å². The molecule has 0 amide bonds. The van der Waals surface area contributed by atoms with Crippen LogP contribution in [-0.4, -0.2) is 17.0 Å². The van der Waals surface area contributed by atoms with Crippen molar-refractivity contribution in [2.24, 2.45) is 0 Å². The van der Waals surface area contributed by atoms with Crippen LogP contribution >= 0.6 is 0 Å². The zero-order chi connectivity index (χ0) is 13.8. The molecule has 4 heteroatoms. The number of aryl methyl sites for hydroxylation is 1. The van der Waals surface area contributed by atoms with Crippen LogP contribution in [0.3, 0.4) is 0 Å². The molecular weight excluding hydrogens is 241 g/mol. The van der Waals surface area contributed by atoms with Crippen LogP contribution in [0, 0.1) is 5.82 Å². The number of nitrogens with zero attached hydrogens (tertiary/aromatic N) is 3. The third kappa shape index (κ3) is 2.72. The van der Waals surface area contributed by atoms with E-state index in [-0.39, 0.29) is 11.9 Å². The molecule has 19 heavy (non-hydrogen) atoms. The number of hydrogen-bond acceptors (Lipinski definition) is 3. The van der Waals surface area contributed by atoms with E-state index >= 15 is 0 Å². The Morgan fingerprint density at radius 2 is 1.89 bits per heavy atom. The lowest BCUT2D eigenvalue weighted by molar-refractivity contribution is 0.578. The van der Waals surface area contributed by atoms with Crippen LogP contribution in [-0.2, 0) is 6.42 Å². The van der Waals surface area contributed by atoms with Gasteiger partial charge in [0.2, 0.25) is 0 Å². The van der Waals surface area contributed by atoms with Gasteiger partial charge in [0.15, 0.2) is 11.6 Å². The van der Waals surface area contributed by atoms with Gasteiger partial charge in [-0.3, -0.25) is 0 Å². The SMILES string of the molecule is CCc1ncnc(N(C)C(C)c2ccccc2)c1F. The number of rotatable bonds is 4. The average Bonchev–Trinajstić information content (AvgIpc) is 2.47. The summed E-state index contributed by atoms with van der Waals surface area (Å²) >= 11 is 0. The van der Waals surface area contributed by atoms with E-state index in [0.717, 1.165) is 5.56 Å². The molecule has 3 nitrogen and oxygen atoms in total. The third-order valence-electron chi connectivity index (χ3n) is 3.38. The number of halogens is 1. The average molecular weight is 259 g/mol. The fraction of sp³-hybridized carbons (Fsp3) is 0.333. The molecule has 0 radical (unpaired) electrons. The molecule has 0 fully saturated rings. The highest BCUT2D eigenvalue weighted by Crippen LogP contribution is 2.26. The second-order valence-corrected chi connectivity index (χ2v) is 4.51. The maximum absolute atomic E-state index is 14.2. The van der Waals surface area contributed by atoms with E-state index in [2.05, 4.69) is 9.97 Å². The minimum absolute atomic E-state index is 0.0512. The summed E-state index contributed by atoms with van der Waals surface area (Å²) in [6, 6.07) is 10.0. The molecule has 1 atom stereocenters. The van der Waals surface area contributed by atoms with E-state index in [0.29, 0.717) is 17.9 Å². The Balaban J connectivity index is 2.32. The van der Waals surface area contributed by atoms with Crippen LogP contribution in [0.2, 0.25) is 0 Å². The molecule has 1 aromatic heterocycles. The van der Waals surface area contributed by atoms with Crippen LogP contribution in [0.15, 0.2) is 36.7 Å². The third-order valence-corrected chi connectivity index (χ3v) is 3.38. The van der Waals surface area contributed by atoms with Crippen LogP contribution in [0.1, 0.15) is 31.1 Å². The first-order valence-electron chi connectivity index (χ1n) is 6.42. The molecule has 2 rings (SSSR count). The lowest BCUT2D eigenvalue weighted by Gasteiger charge is -2.26. The second kappa shape index (κ2) is 5.78. The van der Waals surface area contributed by atoms with Gasteiger partial charge in [-0.2, -0.15) is 0 Å². The zero-order valence-electron chi connectivity index (χ0n) is 11.5. The molecule has 1 heterocycles. The molecular formula is C15H18FN3. The Morgan fingerprint density at radius 1 is 1.21 bits per heavy atom. The van der Waals surface area contributed by atoms with Gasteiger partial charge in [0.1, 0.15) is 6.33 Å². The Hall–Kier alpha value is -1.97. The highest BCUT2D eigenvalue weighted by molar-refractivity contribution is 5.43. The minimum Gasteiger partial charge on any atom is -0.350 e. The van der Waals surface area contributed by atoms with Gasteiger partial charge in [0.25, 0.3) is 0 Å². The Labute approximate surface area is 113 Å². The van der Waals surface area contributed by atoms with E-state index in [1.807, 2.05) is 56.1 Å². The first-order chi connectivity index (χ1) is 9.15. The largest absolute Gasteiger partial charge is 0.350 e. The number of hydrogen-bond donors (Lipinski definition) is 0. The smallest absolute Gasteiger partial charge is 0.187 e.